The summed E-state index contributed by atoms with van der Waals surface area (Å²) in [4.78, 5) is 24.6. The van der Waals surface area contributed by atoms with Crippen molar-refractivity contribution in [3.05, 3.63) is 23.5 Å². The Morgan fingerprint density at radius 3 is 1.90 bits per heavy atom. The molecule has 174 valence electrons. The second-order valence-electron chi connectivity index (χ2n) is 8.46. The molecule has 0 radical (unpaired) electrons. The van der Waals surface area contributed by atoms with Gasteiger partial charge in [0.2, 0.25) is 0 Å². The zero-order chi connectivity index (χ0) is 22.8. The van der Waals surface area contributed by atoms with Crippen molar-refractivity contribution >= 4 is 11.9 Å². The summed E-state index contributed by atoms with van der Waals surface area (Å²) in [7, 11) is 0. The van der Waals surface area contributed by atoms with Gasteiger partial charge in [-0.25, -0.2) is 9.59 Å². The minimum atomic E-state index is -0.480. The first-order valence-corrected chi connectivity index (χ1v) is 12.1. The molecule has 0 aromatic rings. The van der Waals surface area contributed by atoms with E-state index in [4.69, 9.17) is 9.47 Å². The van der Waals surface area contributed by atoms with Crippen molar-refractivity contribution < 1.29 is 19.1 Å². The van der Waals surface area contributed by atoms with E-state index < -0.39 is 5.97 Å². The number of carbonyl (C=O) groups excluding carboxylic acids is 2. The maximum atomic E-state index is 12.6. The van der Waals surface area contributed by atoms with Crippen molar-refractivity contribution in [1.29, 1.82) is 0 Å². The lowest BCUT2D eigenvalue weighted by atomic mass is 10.0. The predicted molar refractivity (Wildman–Crippen MR) is 125 cm³/mol. The predicted octanol–water partition coefficient (Wildman–Crippen LogP) is 7.67. The number of unbranched alkanes of at least 4 members (excludes halogenated alkanes) is 8. The summed E-state index contributed by atoms with van der Waals surface area (Å²) in [5, 5.41) is 0. The highest BCUT2D eigenvalue weighted by Crippen LogP contribution is 2.20. The normalized spacial score (nSPS) is 12.8. The van der Waals surface area contributed by atoms with Crippen molar-refractivity contribution in [2.24, 2.45) is 5.92 Å². The average Bonchev–Trinajstić information content (AvgIpc) is 2.73. The molecule has 1 atom stereocenters. The summed E-state index contributed by atoms with van der Waals surface area (Å²) >= 11 is 0. The number of ether oxygens (including phenoxy) is 2. The molecule has 0 fully saturated rings. The molecule has 0 aliphatic rings. The van der Waals surface area contributed by atoms with Crippen LogP contribution in [0.2, 0.25) is 0 Å². The van der Waals surface area contributed by atoms with Gasteiger partial charge in [-0.3, -0.25) is 0 Å². The molecule has 0 spiro atoms. The highest BCUT2D eigenvalue weighted by atomic mass is 16.5. The van der Waals surface area contributed by atoms with Crippen molar-refractivity contribution in [1.82, 2.24) is 0 Å². The lowest BCUT2D eigenvalue weighted by Crippen LogP contribution is -2.17. The number of esters is 2. The van der Waals surface area contributed by atoms with Crippen molar-refractivity contribution in [3.8, 4) is 0 Å². The van der Waals surface area contributed by atoms with Crippen LogP contribution < -0.4 is 0 Å². The van der Waals surface area contributed by atoms with E-state index >= 15 is 0 Å². The zero-order valence-corrected chi connectivity index (χ0v) is 20.3. The van der Waals surface area contributed by atoms with Crippen LogP contribution in [0.15, 0.2) is 23.5 Å². The van der Waals surface area contributed by atoms with Crippen LogP contribution >= 0.6 is 0 Å². The largest absolute Gasteiger partial charge is 0.462 e. The number of rotatable bonds is 18. The number of allylic oxidation sites excluding steroid dienone is 1. The Bertz CT molecular complexity index is 533. The van der Waals surface area contributed by atoms with Gasteiger partial charge in [0.15, 0.2) is 0 Å². The van der Waals surface area contributed by atoms with E-state index in [1.54, 1.807) is 13.8 Å². The number of hydrogen-bond donors (Lipinski definition) is 0. The van der Waals surface area contributed by atoms with Crippen LogP contribution in [0, 0.1) is 5.92 Å². The zero-order valence-electron chi connectivity index (χ0n) is 20.3. The SMILES string of the molecule is C=C(C)C(=O)OC(CCCCCCCCCC)=C(C)C(=O)OCC(CC)CCCC. The molecule has 0 bridgehead atoms. The smallest absolute Gasteiger partial charge is 0.338 e. The Labute approximate surface area is 185 Å². The fourth-order valence-electron chi connectivity index (χ4n) is 3.25. The molecule has 0 amide bonds. The highest BCUT2D eigenvalue weighted by Gasteiger charge is 2.18. The summed E-state index contributed by atoms with van der Waals surface area (Å²) in [6, 6.07) is 0. The van der Waals surface area contributed by atoms with Gasteiger partial charge >= 0.3 is 11.9 Å². The average molecular weight is 423 g/mol. The molecule has 0 saturated heterocycles. The number of carbonyl (C=O) groups is 2. The third-order valence-electron chi connectivity index (χ3n) is 5.54. The Hall–Kier alpha value is -1.58. The molecular formula is C26H46O4. The Balaban J connectivity index is 4.76. The van der Waals surface area contributed by atoms with E-state index in [2.05, 4.69) is 27.4 Å². The van der Waals surface area contributed by atoms with Crippen LogP contribution in [-0.2, 0) is 19.1 Å². The van der Waals surface area contributed by atoms with E-state index in [9.17, 15) is 9.59 Å². The van der Waals surface area contributed by atoms with Gasteiger partial charge in [0.25, 0.3) is 0 Å². The first-order chi connectivity index (χ1) is 14.4. The Kier molecular flexibility index (Phi) is 17.3. The molecule has 4 nitrogen and oxygen atoms in total. The Morgan fingerprint density at radius 2 is 1.37 bits per heavy atom. The van der Waals surface area contributed by atoms with Crippen molar-refractivity contribution in [2.45, 2.75) is 118 Å². The lowest BCUT2D eigenvalue weighted by Gasteiger charge is -2.16. The van der Waals surface area contributed by atoms with Crippen molar-refractivity contribution in [2.75, 3.05) is 6.61 Å². The first kappa shape index (κ1) is 28.4. The summed E-state index contributed by atoms with van der Waals surface area (Å²) < 4.78 is 11.0. The van der Waals surface area contributed by atoms with Crippen LogP contribution in [-0.4, -0.2) is 18.5 Å². The molecule has 4 heteroatoms. The molecule has 0 saturated carbocycles. The molecule has 30 heavy (non-hydrogen) atoms. The monoisotopic (exact) mass is 422 g/mol. The number of hydrogen-bond acceptors (Lipinski definition) is 4. The van der Waals surface area contributed by atoms with E-state index in [0.29, 0.717) is 35.9 Å². The van der Waals surface area contributed by atoms with Gasteiger partial charge < -0.3 is 9.47 Å². The summed E-state index contributed by atoms with van der Waals surface area (Å²) in [5.74, 6) is -0.0449. The van der Waals surface area contributed by atoms with E-state index in [1.807, 2.05) is 0 Å². The molecule has 0 rings (SSSR count). The molecule has 0 aliphatic heterocycles. The minimum Gasteiger partial charge on any atom is -0.462 e. The third kappa shape index (κ3) is 13.6. The Morgan fingerprint density at radius 1 is 0.800 bits per heavy atom. The van der Waals surface area contributed by atoms with E-state index in [1.165, 1.54) is 38.5 Å². The van der Waals surface area contributed by atoms with Crippen molar-refractivity contribution in [3.63, 3.8) is 0 Å². The molecule has 0 aromatic carbocycles. The van der Waals surface area contributed by atoms with Crippen LogP contribution in [0.3, 0.4) is 0 Å². The molecule has 0 heterocycles. The third-order valence-corrected chi connectivity index (χ3v) is 5.54. The lowest BCUT2D eigenvalue weighted by molar-refractivity contribution is -0.141. The van der Waals surface area contributed by atoms with Gasteiger partial charge in [-0.05, 0) is 32.6 Å². The van der Waals surface area contributed by atoms with Gasteiger partial charge in [-0.1, -0.05) is 91.6 Å². The molecule has 0 N–H and O–H groups in total. The molecule has 1 unspecified atom stereocenters. The maximum absolute atomic E-state index is 12.6. The first-order valence-electron chi connectivity index (χ1n) is 12.1. The topological polar surface area (TPSA) is 52.6 Å². The summed E-state index contributed by atoms with van der Waals surface area (Å²) in [6.45, 7) is 13.9. The molecular weight excluding hydrogens is 376 g/mol. The minimum absolute atomic E-state index is 0.329. The van der Waals surface area contributed by atoms with Gasteiger partial charge in [0.05, 0.1) is 12.2 Å². The van der Waals surface area contributed by atoms with Gasteiger partial charge in [-0.15, -0.1) is 0 Å². The maximum Gasteiger partial charge on any atom is 0.338 e. The van der Waals surface area contributed by atoms with E-state index in [0.717, 1.165) is 38.5 Å². The van der Waals surface area contributed by atoms with Crippen LogP contribution in [0.25, 0.3) is 0 Å². The standard InChI is InChI=1S/C26H46O4/c1-7-10-12-13-14-15-16-17-19-24(30-25(27)21(4)5)22(6)26(28)29-20-23(9-3)18-11-8-2/h23H,4,7-20H2,1-3,5-6H3. The quantitative estimate of drug-likeness (QED) is 0.0984. The second kappa shape index (κ2) is 18.2. The van der Waals surface area contributed by atoms with Crippen LogP contribution in [0.4, 0.5) is 0 Å². The van der Waals surface area contributed by atoms with Gasteiger partial charge in [0, 0.05) is 12.0 Å². The molecule has 0 aliphatic carbocycles. The fourth-order valence-corrected chi connectivity index (χ4v) is 3.25. The highest BCUT2D eigenvalue weighted by molar-refractivity contribution is 5.91. The van der Waals surface area contributed by atoms with Crippen LogP contribution in [0.1, 0.15) is 118 Å². The van der Waals surface area contributed by atoms with Gasteiger partial charge in [0.1, 0.15) is 5.76 Å². The summed E-state index contributed by atoms with van der Waals surface area (Å²) in [5.41, 5.74) is 0.730. The fraction of sp³-hybridized carbons (Fsp3) is 0.769. The second-order valence-corrected chi connectivity index (χ2v) is 8.46. The summed E-state index contributed by atoms with van der Waals surface area (Å²) in [6.07, 6.45) is 14.4. The van der Waals surface area contributed by atoms with Crippen LogP contribution in [0.5, 0.6) is 0 Å². The van der Waals surface area contributed by atoms with E-state index in [-0.39, 0.29) is 5.97 Å². The molecule has 0 aromatic heterocycles. The van der Waals surface area contributed by atoms with Gasteiger partial charge in [-0.2, -0.15) is 0 Å².